The van der Waals surface area contributed by atoms with E-state index in [1.165, 1.54) is 18.3 Å². The number of benzene rings is 2. The largest absolute Gasteiger partial charge is 0.450 e. The zero-order valence-electron chi connectivity index (χ0n) is 15.8. The summed E-state index contributed by atoms with van der Waals surface area (Å²) >= 11 is 0. The zero-order chi connectivity index (χ0) is 22.7. The van der Waals surface area contributed by atoms with Gasteiger partial charge in [-0.3, -0.25) is 9.67 Å². The van der Waals surface area contributed by atoms with Gasteiger partial charge in [0.25, 0.3) is 0 Å². The van der Waals surface area contributed by atoms with Gasteiger partial charge in [-0.25, -0.2) is 9.97 Å². The van der Waals surface area contributed by atoms with Gasteiger partial charge in [-0.1, -0.05) is 30.3 Å². The maximum atomic E-state index is 13.8. The van der Waals surface area contributed by atoms with Crippen molar-refractivity contribution >= 4 is 22.1 Å². The average molecular weight is 447 g/mol. The number of aromatic nitrogens is 5. The van der Waals surface area contributed by atoms with E-state index in [9.17, 15) is 26.3 Å². The van der Waals surface area contributed by atoms with Crippen LogP contribution in [0.2, 0.25) is 0 Å². The standard InChI is InChI=1S/C21H11F6N5/c22-20(23,24)16-7-6-15-18(30-16)32(19(29-15)21(25,26)27)13-8-12-10-28-31-17(12)14(9-13)11-4-2-1-3-5-11/h1-10H,(H,28,31). The Balaban J connectivity index is 1.86. The number of aromatic amines is 1. The van der Waals surface area contributed by atoms with Gasteiger partial charge in [-0.15, -0.1) is 0 Å². The summed E-state index contributed by atoms with van der Waals surface area (Å²) in [7, 11) is 0. The summed E-state index contributed by atoms with van der Waals surface area (Å²) in [6.07, 6.45) is -8.34. The highest BCUT2D eigenvalue weighted by Crippen LogP contribution is 2.37. The van der Waals surface area contributed by atoms with Gasteiger partial charge in [0.2, 0.25) is 5.82 Å². The van der Waals surface area contributed by atoms with Crippen LogP contribution in [0.5, 0.6) is 0 Å². The van der Waals surface area contributed by atoms with E-state index in [4.69, 9.17) is 0 Å². The first-order chi connectivity index (χ1) is 15.1. The molecule has 2 aromatic carbocycles. The SMILES string of the molecule is FC(F)(F)c1ccc2nc(C(F)(F)F)n(-c3cc(-c4ccccc4)c4[nH]ncc4c3)c2n1. The van der Waals surface area contributed by atoms with Crippen LogP contribution in [0.3, 0.4) is 0 Å². The molecule has 0 saturated carbocycles. The zero-order valence-corrected chi connectivity index (χ0v) is 15.8. The number of H-pyrrole nitrogens is 1. The third-order valence-corrected chi connectivity index (χ3v) is 4.93. The molecule has 0 saturated heterocycles. The first-order valence-corrected chi connectivity index (χ1v) is 9.20. The van der Waals surface area contributed by atoms with Gasteiger partial charge in [0.05, 0.1) is 17.4 Å². The van der Waals surface area contributed by atoms with Gasteiger partial charge in [-0.2, -0.15) is 31.4 Å². The molecule has 0 amide bonds. The third kappa shape index (κ3) is 3.26. The Morgan fingerprint density at radius 1 is 0.812 bits per heavy atom. The van der Waals surface area contributed by atoms with Crippen LogP contribution in [0.4, 0.5) is 26.3 Å². The first kappa shape index (κ1) is 20.0. The highest BCUT2D eigenvalue weighted by molar-refractivity contribution is 5.95. The highest BCUT2D eigenvalue weighted by Gasteiger charge is 2.40. The molecule has 0 aliphatic carbocycles. The van der Waals surface area contributed by atoms with Crippen LogP contribution in [-0.2, 0) is 12.4 Å². The van der Waals surface area contributed by atoms with Gasteiger partial charge in [0, 0.05) is 10.9 Å². The molecule has 3 aromatic heterocycles. The second-order valence-electron chi connectivity index (χ2n) is 7.00. The Labute approximate surface area is 175 Å². The second kappa shape index (κ2) is 6.81. The van der Waals surface area contributed by atoms with E-state index in [1.54, 1.807) is 30.3 Å². The molecule has 0 unspecified atom stereocenters. The van der Waals surface area contributed by atoms with E-state index in [0.717, 1.165) is 6.07 Å². The summed E-state index contributed by atoms with van der Waals surface area (Å²) in [6.45, 7) is 0. The minimum atomic E-state index is -4.93. The maximum Gasteiger partial charge on any atom is 0.450 e. The Kier molecular flexibility index (Phi) is 4.26. The van der Waals surface area contributed by atoms with Crippen molar-refractivity contribution in [1.29, 1.82) is 0 Å². The Bertz CT molecular complexity index is 1450. The van der Waals surface area contributed by atoms with E-state index >= 15 is 0 Å². The van der Waals surface area contributed by atoms with Gasteiger partial charge in [-0.05, 0) is 29.8 Å². The number of rotatable bonds is 2. The van der Waals surface area contributed by atoms with E-state index < -0.39 is 29.5 Å². The number of pyridine rings is 1. The number of hydrogen-bond donors (Lipinski definition) is 1. The van der Waals surface area contributed by atoms with Crippen LogP contribution in [0, 0.1) is 0 Å². The fourth-order valence-electron chi connectivity index (χ4n) is 3.57. The summed E-state index contributed by atoms with van der Waals surface area (Å²) in [5.41, 5.74) is -0.426. The second-order valence-corrected chi connectivity index (χ2v) is 7.00. The van der Waals surface area contributed by atoms with Crippen molar-refractivity contribution in [3.8, 4) is 16.8 Å². The molecule has 32 heavy (non-hydrogen) atoms. The van der Waals surface area contributed by atoms with Gasteiger partial charge < -0.3 is 0 Å². The summed E-state index contributed by atoms with van der Waals surface area (Å²) in [5.74, 6) is -1.37. The predicted molar refractivity (Wildman–Crippen MR) is 104 cm³/mol. The summed E-state index contributed by atoms with van der Waals surface area (Å²) in [6, 6.07) is 13.1. The molecule has 5 aromatic rings. The maximum absolute atomic E-state index is 13.8. The molecule has 1 N–H and O–H groups in total. The lowest BCUT2D eigenvalue weighted by molar-refractivity contribution is -0.145. The lowest BCUT2D eigenvalue weighted by Gasteiger charge is -2.14. The van der Waals surface area contributed by atoms with E-state index in [-0.39, 0.29) is 11.2 Å². The van der Waals surface area contributed by atoms with Crippen molar-refractivity contribution in [2.75, 3.05) is 0 Å². The number of hydrogen-bond acceptors (Lipinski definition) is 3. The molecule has 3 heterocycles. The number of alkyl halides is 6. The Morgan fingerprint density at radius 2 is 1.56 bits per heavy atom. The highest BCUT2D eigenvalue weighted by atomic mass is 19.4. The summed E-state index contributed by atoms with van der Waals surface area (Å²) in [5, 5.41) is 7.24. The molecule has 0 bridgehead atoms. The van der Waals surface area contributed by atoms with Crippen molar-refractivity contribution in [2.24, 2.45) is 0 Å². The molecule has 162 valence electrons. The topological polar surface area (TPSA) is 59.4 Å². The van der Waals surface area contributed by atoms with E-state index in [0.29, 0.717) is 32.7 Å². The molecule has 0 spiro atoms. The van der Waals surface area contributed by atoms with Crippen LogP contribution in [0.25, 0.3) is 38.9 Å². The van der Waals surface area contributed by atoms with Gasteiger partial charge >= 0.3 is 12.4 Å². The lowest BCUT2D eigenvalue weighted by atomic mass is 10.0. The van der Waals surface area contributed by atoms with Gasteiger partial charge in [0.15, 0.2) is 5.65 Å². The molecule has 0 atom stereocenters. The van der Waals surface area contributed by atoms with Crippen LogP contribution >= 0.6 is 0 Å². The molecular weight excluding hydrogens is 436 g/mol. The van der Waals surface area contributed by atoms with Crippen molar-refractivity contribution < 1.29 is 26.3 Å². The monoisotopic (exact) mass is 447 g/mol. The summed E-state index contributed by atoms with van der Waals surface area (Å²) in [4.78, 5) is 7.02. The van der Waals surface area contributed by atoms with Crippen LogP contribution in [0.1, 0.15) is 11.5 Å². The van der Waals surface area contributed by atoms with Crippen LogP contribution in [-0.4, -0.2) is 24.7 Å². The van der Waals surface area contributed by atoms with E-state index in [1.807, 2.05) is 0 Å². The number of halogens is 6. The predicted octanol–water partition coefficient (Wildman–Crippen LogP) is 6.00. The van der Waals surface area contributed by atoms with Crippen LogP contribution < -0.4 is 0 Å². The minimum Gasteiger partial charge on any atom is -0.277 e. The average Bonchev–Trinajstić information content (AvgIpc) is 3.36. The normalized spacial score (nSPS) is 12.7. The van der Waals surface area contributed by atoms with Gasteiger partial charge in [0.1, 0.15) is 11.2 Å². The molecule has 11 heteroatoms. The van der Waals surface area contributed by atoms with Crippen molar-refractivity contribution in [3.05, 3.63) is 72.3 Å². The fraction of sp³-hybridized carbons (Fsp3) is 0.0952. The molecular formula is C21H11F6N5. The van der Waals surface area contributed by atoms with Crippen LogP contribution in [0.15, 0.2) is 60.8 Å². The number of nitrogens with zero attached hydrogens (tertiary/aromatic N) is 4. The summed E-state index contributed by atoms with van der Waals surface area (Å²) < 4.78 is 81.7. The Morgan fingerprint density at radius 3 is 2.25 bits per heavy atom. The minimum absolute atomic E-state index is 0.0422. The number of imidazole rings is 1. The molecule has 5 nitrogen and oxygen atoms in total. The Hall–Kier alpha value is -3.89. The molecule has 5 rings (SSSR count). The number of nitrogens with one attached hydrogen (secondary N) is 1. The molecule has 0 fully saturated rings. The number of fused-ring (bicyclic) bond motifs is 2. The quantitative estimate of drug-likeness (QED) is 0.338. The lowest BCUT2D eigenvalue weighted by Crippen LogP contribution is -2.15. The smallest absolute Gasteiger partial charge is 0.277 e. The molecule has 0 aliphatic rings. The third-order valence-electron chi connectivity index (χ3n) is 4.93. The fourth-order valence-corrected chi connectivity index (χ4v) is 3.57. The van der Waals surface area contributed by atoms with Crippen molar-refractivity contribution in [3.63, 3.8) is 0 Å². The van der Waals surface area contributed by atoms with Crippen molar-refractivity contribution in [2.45, 2.75) is 12.4 Å². The first-order valence-electron chi connectivity index (χ1n) is 9.20. The van der Waals surface area contributed by atoms with Crippen molar-refractivity contribution in [1.82, 2.24) is 24.7 Å². The molecule has 0 aliphatic heterocycles. The molecule has 0 radical (unpaired) electrons. The van der Waals surface area contributed by atoms with E-state index in [2.05, 4.69) is 20.2 Å².